The molecular weight excluding hydrogens is 260 g/mol. The van der Waals surface area contributed by atoms with E-state index in [4.69, 9.17) is 4.74 Å². The number of nitrogens with zero attached hydrogens (tertiary/aromatic N) is 1. The average Bonchev–Trinajstić information content (AvgIpc) is 2.56. The minimum Gasteiger partial charge on any atom is -0.368 e. The molecule has 2 unspecified atom stereocenters. The van der Waals surface area contributed by atoms with Crippen molar-refractivity contribution in [3.63, 3.8) is 0 Å². The fourth-order valence-corrected chi connectivity index (χ4v) is 3.37. The fraction of sp³-hybridized carbons (Fsp3) is 0.667. The minimum atomic E-state index is -0.136. The smallest absolute Gasteiger partial charge is 0.0787 e. The summed E-state index contributed by atoms with van der Waals surface area (Å²) in [4.78, 5) is 2.23. The molecule has 0 aromatic heterocycles. The molecule has 0 bridgehead atoms. The van der Waals surface area contributed by atoms with Crippen molar-refractivity contribution in [3.8, 4) is 0 Å². The van der Waals surface area contributed by atoms with Gasteiger partial charge < -0.3 is 15.0 Å². The molecule has 0 spiro atoms. The van der Waals surface area contributed by atoms with Gasteiger partial charge in [-0.25, -0.2) is 0 Å². The summed E-state index contributed by atoms with van der Waals surface area (Å²) >= 11 is 0. The van der Waals surface area contributed by atoms with Gasteiger partial charge in [0.1, 0.15) is 0 Å². The van der Waals surface area contributed by atoms with Gasteiger partial charge in [0.05, 0.1) is 11.2 Å². The van der Waals surface area contributed by atoms with Crippen LogP contribution < -0.4 is 5.32 Å². The molecule has 118 valence electrons. The molecule has 0 radical (unpaired) electrons. The lowest BCUT2D eigenvalue weighted by Gasteiger charge is -2.32. The van der Waals surface area contributed by atoms with Gasteiger partial charge in [-0.05, 0) is 53.8 Å². The Balaban J connectivity index is 2.16. The molecule has 1 fully saturated rings. The zero-order valence-electron chi connectivity index (χ0n) is 14.3. The van der Waals surface area contributed by atoms with Gasteiger partial charge in [-0.3, -0.25) is 0 Å². The van der Waals surface area contributed by atoms with Crippen molar-refractivity contribution in [1.82, 2.24) is 10.2 Å². The van der Waals surface area contributed by atoms with Gasteiger partial charge in [-0.1, -0.05) is 30.3 Å². The van der Waals surface area contributed by atoms with Gasteiger partial charge in [0.25, 0.3) is 0 Å². The highest BCUT2D eigenvalue weighted by Crippen LogP contribution is 2.38. The molecule has 1 saturated heterocycles. The van der Waals surface area contributed by atoms with Gasteiger partial charge in [0.2, 0.25) is 0 Å². The maximum atomic E-state index is 6.21. The molecule has 1 aliphatic heterocycles. The molecule has 1 aliphatic rings. The Labute approximate surface area is 129 Å². The largest absolute Gasteiger partial charge is 0.368 e. The molecule has 1 aromatic rings. The van der Waals surface area contributed by atoms with Gasteiger partial charge >= 0.3 is 0 Å². The summed E-state index contributed by atoms with van der Waals surface area (Å²) < 4.78 is 6.21. The molecule has 21 heavy (non-hydrogen) atoms. The van der Waals surface area contributed by atoms with E-state index in [2.05, 4.69) is 82.3 Å². The molecular formula is C18H30N2O. The van der Waals surface area contributed by atoms with Crippen molar-refractivity contribution in [2.45, 2.75) is 57.4 Å². The Morgan fingerprint density at radius 2 is 1.81 bits per heavy atom. The average molecular weight is 290 g/mol. The van der Waals surface area contributed by atoms with Gasteiger partial charge in [0, 0.05) is 18.6 Å². The van der Waals surface area contributed by atoms with E-state index in [1.807, 2.05) is 0 Å². The maximum absolute atomic E-state index is 6.21. The van der Waals surface area contributed by atoms with E-state index in [1.54, 1.807) is 0 Å². The third-order valence-corrected chi connectivity index (χ3v) is 4.23. The Kier molecular flexibility index (Phi) is 4.76. The predicted octanol–water partition coefficient (Wildman–Crippen LogP) is 3.23. The van der Waals surface area contributed by atoms with Crippen LogP contribution in [-0.4, -0.2) is 42.8 Å². The quantitative estimate of drug-likeness (QED) is 0.901. The number of likely N-dealkylation sites (N-methyl/N-ethyl adjacent to an activating group) is 1. The van der Waals surface area contributed by atoms with E-state index >= 15 is 0 Å². The Morgan fingerprint density at radius 1 is 1.19 bits per heavy atom. The number of hydrogen-bond donors (Lipinski definition) is 1. The lowest BCUT2D eigenvalue weighted by atomic mass is 9.92. The van der Waals surface area contributed by atoms with Crippen LogP contribution in [0.5, 0.6) is 0 Å². The van der Waals surface area contributed by atoms with E-state index in [9.17, 15) is 0 Å². The third-order valence-electron chi connectivity index (χ3n) is 4.23. The van der Waals surface area contributed by atoms with E-state index in [0.717, 1.165) is 13.0 Å². The van der Waals surface area contributed by atoms with Crippen LogP contribution in [0.2, 0.25) is 0 Å². The molecule has 3 heteroatoms. The SMILES string of the molecule is CN(C)CC(NC1CC(C)(C)OC1(C)C)c1ccccc1. The zero-order chi connectivity index (χ0) is 15.7. The number of nitrogens with one attached hydrogen (secondary N) is 1. The first-order valence-electron chi connectivity index (χ1n) is 7.85. The Hall–Kier alpha value is -0.900. The fourth-order valence-electron chi connectivity index (χ4n) is 3.37. The van der Waals surface area contributed by atoms with E-state index < -0.39 is 0 Å². The molecule has 2 atom stereocenters. The minimum absolute atomic E-state index is 0.0550. The van der Waals surface area contributed by atoms with Crippen LogP contribution in [0.1, 0.15) is 45.7 Å². The normalized spacial score (nSPS) is 25.2. The van der Waals surface area contributed by atoms with Crippen molar-refractivity contribution < 1.29 is 4.74 Å². The summed E-state index contributed by atoms with van der Waals surface area (Å²) in [5.74, 6) is 0. The summed E-state index contributed by atoms with van der Waals surface area (Å²) in [5, 5.41) is 3.84. The maximum Gasteiger partial charge on any atom is 0.0787 e. The van der Waals surface area contributed by atoms with Crippen LogP contribution in [-0.2, 0) is 4.74 Å². The van der Waals surface area contributed by atoms with Crippen LogP contribution in [0.15, 0.2) is 30.3 Å². The van der Waals surface area contributed by atoms with E-state index in [0.29, 0.717) is 12.1 Å². The van der Waals surface area contributed by atoms with Crippen molar-refractivity contribution in [3.05, 3.63) is 35.9 Å². The second-order valence-corrected chi connectivity index (χ2v) is 7.61. The van der Waals surface area contributed by atoms with E-state index in [-0.39, 0.29) is 11.2 Å². The standard InChI is InChI=1S/C18H30N2O/c1-17(2)12-16(18(3,4)21-17)19-15(13-20(5)6)14-10-8-7-9-11-14/h7-11,15-16,19H,12-13H2,1-6H3. The summed E-state index contributed by atoms with van der Waals surface area (Å²) in [6, 6.07) is 11.4. The summed E-state index contributed by atoms with van der Waals surface area (Å²) in [6.07, 6.45) is 1.04. The Morgan fingerprint density at radius 3 is 2.29 bits per heavy atom. The molecule has 0 aliphatic carbocycles. The number of hydrogen-bond acceptors (Lipinski definition) is 3. The van der Waals surface area contributed by atoms with Crippen LogP contribution in [0.4, 0.5) is 0 Å². The lowest BCUT2D eigenvalue weighted by Crippen LogP contribution is -2.47. The van der Waals surface area contributed by atoms with Gasteiger partial charge in [-0.2, -0.15) is 0 Å². The summed E-state index contributed by atoms with van der Waals surface area (Å²) in [6.45, 7) is 9.73. The van der Waals surface area contributed by atoms with Crippen LogP contribution in [0.25, 0.3) is 0 Å². The van der Waals surface area contributed by atoms with Crippen molar-refractivity contribution >= 4 is 0 Å². The highest BCUT2D eigenvalue weighted by atomic mass is 16.5. The molecule has 1 heterocycles. The second kappa shape index (κ2) is 6.07. The molecule has 3 nitrogen and oxygen atoms in total. The zero-order valence-corrected chi connectivity index (χ0v) is 14.3. The van der Waals surface area contributed by atoms with Crippen LogP contribution >= 0.6 is 0 Å². The first kappa shape index (κ1) is 16.5. The highest BCUT2D eigenvalue weighted by Gasteiger charge is 2.46. The second-order valence-electron chi connectivity index (χ2n) is 7.61. The predicted molar refractivity (Wildman–Crippen MR) is 88.5 cm³/mol. The first-order valence-corrected chi connectivity index (χ1v) is 7.85. The third kappa shape index (κ3) is 4.29. The van der Waals surface area contributed by atoms with Gasteiger partial charge in [0.15, 0.2) is 0 Å². The van der Waals surface area contributed by atoms with Crippen LogP contribution in [0.3, 0.4) is 0 Å². The van der Waals surface area contributed by atoms with Crippen molar-refractivity contribution in [2.24, 2.45) is 0 Å². The number of benzene rings is 1. The monoisotopic (exact) mass is 290 g/mol. The number of ether oxygens (including phenoxy) is 1. The summed E-state index contributed by atoms with van der Waals surface area (Å²) in [5.41, 5.74) is 1.15. The molecule has 1 N–H and O–H groups in total. The highest BCUT2D eigenvalue weighted by molar-refractivity contribution is 5.20. The molecule has 0 saturated carbocycles. The topological polar surface area (TPSA) is 24.5 Å². The van der Waals surface area contributed by atoms with Crippen molar-refractivity contribution in [1.29, 1.82) is 0 Å². The molecule has 2 rings (SSSR count). The summed E-state index contributed by atoms with van der Waals surface area (Å²) in [7, 11) is 4.25. The van der Waals surface area contributed by atoms with Crippen LogP contribution in [0, 0.1) is 0 Å². The van der Waals surface area contributed by atoms with E-state index in [1.165, 1.54) is 5.56 Å². The van der Waals surface area contributed by atoms with Gasteiger partial charge in [-0.15, -0.1) is 0 Å². The first-order chi connectivity index (χ1) is 9.70. The van der Waals surface area contributed by atoms with Crippen molar-refractivity contribution in [2.75, 3.05) is 20.6 Å². The molecule has 1 aromatic carbocycles. The lowest BCUT2D eigenvalue weighted by molar-refractivity contribution is -0.0706. The molecule has 0 amide bonds. The Bertz CT molecular complexity index is 454. The number of rotatable bonds is 5.